The molecule has 0 fully saturated rings. The first-order chi connectivity index (χ1) is 8.49. The molecule has 0 heterocycles. The van der Waals surface area contributed by atoms with E-state index < -0.39 is 11.2 Å². The van der Waals surface area contributed by atoms with E-state index in [0.717, 1.165) is 14.5 Å². The minimum atomic E-state index is -0.575. The molecule has 94 valence electrons. The summed E-state index contributed by atoms with van der Waals surface area (Å²) < 4.78 is 15.5. The second-order valence-corrected chi connectivity index (χ2v) is 6.34. The highest BCUT2D eigenvalue weighted by atomic mass is 79.9. The minimum Gasteiger partial charge on any atom is -0.207 e. The standard InChI is InChI=1S/C13H7Br2Cl2F/c14-7-1-4-11(15)10(5-7)13(17)9-3-2-8(16)6-12(9)18/h1-6,13H. The third kappa shape index (κ3) is 3.08. The third-order valence-electron chi connectivity index (χ3n) is 2.47. The lowest BCUT2D eigenvalue weighted by Crippen LogP contribution is -1.98. The molecule has 0 saturated carbocycles. The van der Waals surface area contributed by atoms with Crippen molar-refractivity contribution in [3.8, 4) is 0 Å². The van der Waals surface area contributed by atoms with Gasteiger partial charge in [-0.1, -0.05) is 49.5 Å². The lowest BCUT2D eigenvalue weighted by molar-refractivity contribution is 0.612. The van der Waals surface area contributed by atoms with Crippen LogP contribution in [0.3, 0.4) is 0 Å². The molecule has 2 aromatic rings. The van der Waals surface area contributed by atoms with Crippen molar-refractivity contribution in [3.05, 3.63) is 67.3 Å². The van der Waals surface area contributed by atoms with Crippen molar-refractivity contribution in [2.75, 3.05) is 0 Å². The fourth-order valence-electron chi connectivity index (χ4n) is 1.58. The maximum Gasteiger partial charge on any atom is 0.129 e. The van der Waals surface area contributed by atoms with E-state index in [0.29, 0.717) is 10.6 Å². The van der Waals surface area contributed by atoms with Crippen molar-refractivity contribution in [2.45, 2.75) is 5.38 Å². The molecule has 0 nitrogen and oxygen atoms in total. The van der Waals surface area contributed by atoms with Crippen molar-refractivity contribution in [3.63, 3.8) is 0 Å². The highest BCUT2D eigenvalue weighted by Gasteiger charge is 2.18. The van der Waals surface area contributed by atoms with E-state index in [4.69, 9.17) is 23.2 Å². The molecule has 0 saturated heterocycles. The van der Waals surface area contributed by atoms with Gasteiger partial charge in [0.25, 0.3) is 0 Å². The van der Waals surface area contributed by atoms with Crippen molar-refractivity contribution in [1.29, 1.82) is 0 Å². The van der Waals surface area contributed by atoms with Gasteiger partial charge in [0.2, 0.25) is 0 Å². The second-order valence-electron chi connectivity index (χ2n) is 3.69. The zero-order chi connectivity index (χ0) is 13.3. The van der Waals surface area contributed by atoms with Crippen LogP contribution in [0.15, 0.2) is 45.3 Å². The molecular formula is C13H7Br2Cl2F. The van der Waals surface area contributed by atoms with Crippen molar-refractivity contribution in [2.24, 2.45) is 0 Å². The number of halogens is 5. The molecule has 2 aromatic carbocycles. The highest BCUT2D eigenvalue weighted by molar-refractivity contribution is 9.11. The molecule has 0 aliphatic heterocycles. The second kappa shape index (κ2) is 5.91. The smallest absolute Gasteiger partial charge is 0.129 e. The average Bonchev–Trinajstić information content (AvgIpc) is 2.31. The van der Waals surface area contributed by atoms with Crippen LogP contribution in [-0.4, -0.2) is 0 Å². The molecular weight excluding hydrogens is 406 g/mol. The SMILES string of the molecule is Fc1cc(Cl)ccc1C(Cl)c1cc(Br)ccc1Br. The Bertz CT molecular complexity index is 587. The Hall–Kier alpha value is -0.0900. The highest BCUT2D eigenvalue weighted by Crippen LogP contribution is 2.37. The first-order valence-electron chi connectivity index (χ1n) is 5.03. The van der Waals surface area contributed by atoms with E-state index in [1.165, 1.54) is 6.07 Å². The summed E-state index contributed by atoms with van der Waals surface area (Å²) >= 11 is 18.8. The normalized spacial score (nSPS) is 12.5. The Morgan fingerprint density at radius 3 is 2.39 bits per heavy atom. The molecule has 0 spiro atoms. The first-order valence-corrected chi connectivity index (χ1v) is 7.43. The van der Waals surface area contributed by atoms with Gasteiger partial charge in [-0.3, -0.25) is 0 Å². The van der Waals surface area contributed by atoms with Gasteiger partial charge in [-0.25, -0.2) is 4.39 Å². The molecule has 0 bridgehead atoms. The summed E-state index contributed by atoms with van der Waals surface area (Å²) in [5, 5.41) is -0.220. The molecule has 0 N–H and O–H groups in total. The number of alkyl halides is 1. The summed E-state index contributed by atoms with van der Waals surface area (Å²) in [4.78, 5) is 0. The predicted molar refractivity (Wildman–Crippen MR) is 80.9 cm³/mol. The van der Waals surface area contributed by atoms with Crippen molar-refractivity contribution >= 4 is 55.1 Å². The zero-order valence-electron chi connectivity index (χ0n) is 8.93. The van der Waals surface area contributed by atoms with Crippen LogP contribution in [0.25, 0.3) is 0 Å². The number of rotatable bonds is 2. The molecule has 0 aliphatic rings. The fraction of sp³-hybridized carbons (Fsp3) is 0.0769. The number of hydrogen-bond donors (Lipinski definition) is 0. The van der Waals surface area contributed by atoms with Gasteiger partial charge in [-0.2, -0.15) is 0 Å². The lowest BCUT2D eigenvalue weighted by atomic mass is 10.0. The van der Waals surface area contributed by atoms with Gasteiger partial charge in [0, 0.05) is 19.5 Å². The van der Waals surface area contributed by atoms with E-state index in [9.17, 15) is 4.39 Å². The molecule has 1 unspecified atom stereocenters. The average molecular weight is 413 g/mol. The Labute approximate surface area is 131 Å². The van der Waals surface area contributed by atoms with Gasteiger partial charge >= 0.3 is 0 Å². The summed E-state index contributed by atoms with van der Waals surface area (Å²) in [5.74, 6) is -0.408. The molecule has 5 heteroatoms. The third-order valence-corrected chi connectivity index (χ3v) is 4.39. The van der Waals surface area contributed by atoms with Crippen LogP contribution in [-0.2, 0) is 0 Å². The topological polar surface area (TPSA) is 0 Å². The van der Waals surface area contributed by atoms with Gasteiger partial charge in [-0.05, 0) is 35.9 Å². The molecule has 0 aromatic heterocycles. The van der Waals surface area contributed by atoms with E-state index >= 15 is 0 Å². The molecule has 2 rings (SSSR count). The molecule has 0 radical (unpaired) electrons. The van der Waals surface area contributed by atoms with Crippen LogP contribution >= 0.6 is 55.1 Å². The van der Waals surface area contributed by atoms with E-state index in [1.54, 1.807) is 12.1 Å². The Morgan fingerprint density at radius 1 is 1.00 bits per heavy atom. The van der Waals surface area contributed by atoms with Crippen LogP contribution in [0.5, 0.6) is 0 Å². The van der Waals surface area contributed by atoms with E-state index in [1.807, 2.05) is 18.2 Å². The Kier molecular flexibility index (Phi) is 4.70. The van der Waals surface area contributed by atoms with Crippen LogP contribution < -0.4 is 0 Å². The lowest BCUT2D eigenvalue weighted by Gasteiger charge is -2.14. The molecule has 0 aliphatic carbocycles. The summed E-state index contributed by atoms with van der Waals surface area (Å²) in [6.45, 7) is 0. The van der Waals surface area contributed by atoms with E-state index in [-0.39, 0.29) is 0 Å². The van der Waals surface area contributed by atoms with Gasteiger partial charge in [-0.15, -0.1) is 11.6 Å². The quantitative estimate of drug-likeness (QED) is 0.505. The maximum absolute atomic E-state index is 13.8. The zero-order valence-corrected chi connectivity index (χ0v) is 13.6. The van der Waals surface area contributed by atoms with Crippen LogP contribution in [0.1, 0.15) is 16.5 Å². The summed E-state index contributed by atoms with van der Waals surface area (Å²) in [5.41, 5.74) is 1.20. The van der Waals surface area contributed by atoms with Gasteiger partial charge in [0.15, 0.2) is 0 Å². The molecule has 0 amide bonds. The first kappa shape index (κ1) is 14.3. The number of benzene rings is 2. The van der Waals surface area contributed by atoms with Crippen LogP contribution in [0, 0.1) is 5.82 Å². The largest absolute Gasteiger partial charge is 0.207 e. The van der Waals surface area contributed by atoms with E-state index in [2.05, 4.69) is 31.9 Å². The maximum atomic E-state index is 13.8. The molecule has 1 atom stereocenters. The number of hydrogen-bond acceptors (Lipinski definition) is 0. The Morgan fingerprint density at radius 2 is 1.72 bits per heavy atom. The minimum absolute atomic E-state index is 0.355. The fourth-order valence-corrected chi connectivity index (χ4v) is 3.09. The van der Waals surface area contributed by atoms with Crippen LogP contribution in [0.4, 0.5) is 4.39 Å². The summed E-state index contributed by atoms with van der Waals surface area (Å²) in [6, 6.07) is 10.1. The van der Waals surface area contributed by atoms with Crippen molar-refractivity contribution in [1.82, 2.24) is 0 Å². The van der Waals surface area contributed by atoms with Gasteiger partial charge < -0.3 is 0 Å². The monoisotopic (exact) mass is 410 g/mol. The summed E-state index contributed by atoms with van der Waals surface area (Å²) in [6.07, 6.45) is 0. The predicted octanol–water partition coefficient (Wildman–Crippen LogP) is 6.33. The van der Waals surface area contributed by atoms with Crippen LogP contribution in [0.2, 0.25) is 5.02 Å². The summed E-state index contributed by atoms with van der Waals surface area (Å²) in [7, 11) is 0. The Balaban J connectivity index is 2.47. The van der Waals surface area contributed by atoms with Crippen molar-refractivity contribution < 1.29 is 4.39 Å². The van der Waals surface area contributed by atoms with Gasteiger partial charge in [0.05, 0.1) is 5.38 Å². The van der Waals surface area contributed by atoms with Gasteiger partial charge in [0.1, 0.15) is 5.82 Å². The molecule has 18 heavy (non-hydrogen) atoms.